The third-order valence-electron chi connectivity index (χ3n) is 3.18. The van der Waals surface area contributed by atoms with Crippen molar-refractivity contribution in [1.82, 2.24) is 14.8 Å². The van der Waals surface area contributed by atoms with Gasteiger partial charge in [-0.3, -0.25) is 0 Å². The van der Waals surface area contributed by atoms with E-state index >= 15 is 0 Å². The van der Waals surface area contributed by atoms with E-state index < -0.39 is 10.0 Å². The van der Waals surface area contributed by atoms with Crippen LogP contribution in [0.4, 0.5) is 0 Å². The van der Waals surface area contributed by atoms with E-state index in [-0.39, 0.29) is 11.3 Å². The predicted octanol–water partition coefficient (Wildman–Crippen LogP) is 0.447. The van der Waals surface area contributed by atoms with E-state index in [1.165, 1.54) is 0 Å². The topological polar surface area (TPSA) is 100 Å². The second-order valence-corrected chi connectivity index (χ2v) is 6.24. The van der Waals surface area contributed by atoms with E-state index in [9.17, 15) is 8.42 Å². The highest BCUT2D eigenvalue weighted by Gasteiger charge is 2.23. The molecule has 0 spiro atoms. The number of primary sulfonamides is 1. The molecule has 1 aliphatic heterocycles. The molecule has 0 bridgehead atoms. The van der Waals surface area contributed by atoms with Gasteiger partial charge in [-0.15, -0.1) is 10.2 Å². The Morgan fingerprint density at radius 2 is 2.21 bits per heavy atom. The molecule has 0 aliphatic carbocycles. The van der Waals surface area contributed by atoms with Gasteiger partial charge in [-0.25, -0.2) is 13.6 Å². The fraction of sp³-hybridized carbons (Fsp3) is 0.818. The van der Waals surface area contributed by atoms with Crippen LogP contribution in [-0.4, -0.2) is 35.9 Å². The van der Waals surface area contributed by atoms with Crippen molar-refractivity contribution in [2.45, 2.75) is 56.8 Å². The molecule has 0 aromatic carbocycles. The van der Waals surface area contributed by atoms with Crippen molar-refractivity contribution in [3.63, 3.8) is 0 Å². The van der Waals surface area contributed by atoms with E-state index in [2.05, 4.69) is 10.2 Å². The normalized spacial score (nSPS) is 20.6. The lowest BCUT2D eigenvalue weighted by molar-refractivity contribution is 0.0150. The van der Waals surface area contributed by atoms with Gasteiger partial charge in [0.1, 0.15) is 5.82 Å². The van der Waals surface area contributed by atoms with Crippen LogP contribution in [0.15, 0.2) is 5.16 Å². The fourth-order valence-electron chi connectivity index (χ4n) is 2.30. The smallest absolute Gasteiger partial charge is 0.273 e. The van der Waals surface area contributed by atoms with E-state index in [1.807, 2.05) is 6.92 Å². The lowest BCUT2D eigenvalue weighted by Crippen LogP contribution is -2.24. The first kappa shape index (κ1) is 14.4. The number of ether oxygens (including phenoxy) is 1. The first-order valence-electron chi connectivity index (χ1n) is 6.59. The van der Waals surface area contributed by atoms with Crippen LogP contribution in [0, 0.1) is 0 Å². The van der Waals surface area contributed by atoms with Crippen molar-refractivity contribution in [2.24, 2.45) is 5.14 Å². The summed E-state index contributed by atoms with van der Waals surface area (Å²) in [6.45, 7) is 3.27. The maximum atomic E-state index is 11.5. The maximum Gasteiger partial charge on any atom is 0.273 e. The molecule has 0 radical (unpaired) electrons. The molecule has 19 heavy (non-hydrogen) atoms. The number of nitrogens with two attached hydrogens (primary N) is 1. The molecular formula is C11H20N4O3S. The molecule has 0 amide bonds. The van der Waals surface area contributed by atoms with Crippen LogP contribution in [0.1, 0.15) is 38.4 Å². The molecule has 1 unspecified atom stereocenters. The third-order valence-corrected chi connectivity index (χ3v) is 3.99. The van der Waals surface area contributed by atoms with Gasteiger partial charge in [-0.05, 0) is 25.7 Å². The average molecular weight is 288 g/mol. The summed E-state index contributed by atoms with van der Waals surface area (Å²) < 4.78 is 30.2. The molecule has 2 rings (SSSR count). The van der Waals surface area contributed by atoms with Gasteiger partial charge >= 0.3 is 0 Å². The average Bonchev–Trinajstić information content (AvgIpc) is 2.74. The molecule has 2 N–H and O–H groups in total. The van der Waals surface area contributed by atoms with Crippen molar-refractivity contribution in [2.75, 3.05) is 6.61 Å². The van der Waals surface area contributed by atoms with E-state index in [0.29, 0.717) is 18.8 Å². The van der Waals surface area contributed by atoms with Crippen molar-refractivity contribution in [1.29, 1.82) is 0 Å². The fourth-order valence-corrected chi connectivity index (χ4v) is 2.96. The summed E-state index contributed by atoms with van der Waals surface area (Å²) in [5.74, 6) is 0.637. The van der Waals surface area contributed by atoms with Gasteiger partial charge in [-0.1, -0.05) is 6.92 Å². The zero-order valence-corrected chi connectivity index (χ0v) is 11.9. The standard InChI is InChI=1S/C11H20N4O3S/c1-2-6-15-10(8-9-5-3-4-7-18-9)13-14-11(15)19(12,16)17/h9H,2-8H2,1H3,(H2,12,16,17). The van der Waals surface area contributed by atoms with Crippen molar-refractivity contribution in [3.8, 4) is 0 Å². The summed E-state index contributed by atoms with van der Waals surface area (Å²) in [5, 5.41) is 12.7. The highest BCUT2D eigenvalue weighted by molar-refractivity contribution is 7.89. The Bertz CT molecular complexity index is 520. The molecule has 1 aromatic rings. The number of rotatable bonds is 5. The highest BCUT2D eigenvalue weighted by atomic mass is 32.2. The monoisotopic (exact) mass is 288 g/mol. The zero-order valence-electron chi connectivity index (χ0n) is 11.1. The first-order valence-corrected chi connectivity index (χ1v) is 8.13. The number of hydrogen-bond acceptors (Lipinski definition) is 5. The van der Waals surface area contributed by atoms with Crippen LogP contribution in [0.3, 0.4) is 0 Å². The summed E-state index contributed by atoms with van der Waals surface area (Å²) in [6, 6.07) is 0. The summed E-state index contributed by atoms with van der Waals surface area (Å²) in [7, 11) is -3.83. The lowest BCUT2D eigenvalue weighted by Gasteiger charge is -2.22. The molecule has 1 atom stereocenters. The van der Waals surface area contributed by atoms with Gasteiger partial charge in [0.25, 0.3) is 15.2 Å². The van der Waals surface area contributed by atoms with Gasteiger partial charge in [-0.2, -0.15) is 0 Å². The Labute approximate surface area is 113 Å². The summed E-state index contributed by atoms with van der Waals surface area (Å²) >= 11 is 0. The van der Waals surface area contributed by atoms with Crippen LogP contribution < -0.4 is 5.14 Å². The summed E-state index contributed by atoms with van der Waals surface area (Å²) in [6.07, 6.45) is 4.67. The van der Waals surface area contributed by atoms with Gasteiger partial charge < -0.3 is 9.30 Å². The van der Waals surface area contributed by atoms with Crippen LogP contribution >= 0.6 is 0 Å². The van der Waals surface area contributed by atoms with Crippen LogP contribution in [0.5, 0.6) is 0 Å². The lowest BCUT2D eigenvalue weighted by atomic mass is 10.1. The minimum Gasteiger partial charge on any atom is -0.378 e. The minimum absolute atomic E-state index is 0.0990. The SMILES string of the molecule is CCCn1c(CC2CCCCO2)nnc1S(N)(=O)=O. The number of hydrogen-bond donors (Lipinski definition) is 1. The molecule has 1 aliphatic rings. The van der Waals surface area contributed by atoms with Crippen molar-refractivity contribution in [3.05, 3.63) is 5.82 Å². The maximum absolute atomic E-state index is 11.5. The molecule has 0 saturated carbocycles. The van der Waals surface area contributed by atoms with Gasteiger partial charge in [0.2, 0.25) is 0 Å². The quantitative estimate of drug-likeness (QED) is 0.847. The summed E-state index contributed by atoms with van der Waals surface area (Å²) in [4.78, 5) is 0. The van der Waals surface area contributed by atoms with Gasteiger partial charge in [0.15, 0.2) is 0 Å². The number of aromatic nitrogens is 3. The molecule has 1 aromatic heterocycles. The molecule has 1 fully saturated rings. The predicted molar refractivity (Wildman–Crippen MR) is 69.0 cm³/mol. The van der Waals surface area contributed by atoms with Crippen LogP contribution in [-0.2, 0) is 27.7 Å². The first-order chi connectivity index (χ1) is 9.02. The Morgan fingerprint density at radius 3 is 2.79 bits per heavy atom. The zero-order chi connectivity index (χ0) is 13.9. The molecule has 108 valence electrons. The molecule has 1 saturated heterocycles. The van der Waals surface area contributed by atoms with Crippen LogP contribution in [0.25, 0.3) is 0 Å². The molecule has 8 heteroatoms. The third kappa shape index (κ3) is 3.52. The second-order valence-electron chi connectivity index (χ2n) is 4.79. The molecular weight excluding hydrogens is 268 g/mol. The Balaban J connectivity index is 2.22. The number of sulfonamides is 1. The van der Waals surface area contributed by atoms with E-state index in [4.69, 9.17) is 9.88 Å². The Hall–Kier alpha value is -0.990. The van der Waals surface area contributed by atoms with E-state index in [1.54, 1.807) is 4.57 Å². The minimum atomic E-state index is -3.83. The van der Waals surface area contributed by atoms with Crippen molar-refractivity contribution >= 4 is 10.0 Å². The Kier molecular flexibility index (Phi) is 4.54. The molecule has 2 heterocycles. The largest absolute Gasteiger partial charge is 0.378 e. The van der Waals surface area contributed by atoms with Crippen molar-refractivity contribution < 1.29 is 13.2 Å². The molecule has 7 nitrogen and oxygen atoms in total. The second kappa shape index (κ2) is 5.98. The van der Waals surface area contributed by atoms with Crippen LogP contribution in [0.2, 0.25) is 0 Å². The Morgan fingerprint density at radius 1 is 1.42 bits per heavy atom. The highest BCUT2D eigenvalue weighted by Crippen LogP contribution is 2.18. The van der Waals surface area contributed by atoms with Gasteiger partial charge in [0.05, 0.1) is 6.10 Å². The van der Waals surface area contributed by atoms with Gasteiger partial charge in [0, 0.05) is 19.6 Å². The van der Waals surface area contributed by atoms with E-state index in [0.717, 1.165) is 32.3 Å². The number of nitrogens with zero attached hydrogens (tertiary/aromatic N) is 3. The summed E-state index contributed by atoms with van der Waals surface area (Å²) in [5.41, 5.74) is 0.